The summed E-state index contributed by atoms with van der Waals surface area (Å²) in [6.45, 7) is 5.02. The summed E-state index contributed by atoms with van der Waals surface area (Å²) >= 11 is 0. The number of hydrogen-bond acceptors (Lipinski definition) is 5. The van der Waals surface area contributed by atoms with Crippen LogP contribution in [-0.4, -0.2) is 48.4 Å². The van der Waals surface area contributed by atoms with E-state index in [1.54, 1.807) is 10.8 Å². The topological polar surface area (TPSA) is 109 Å². The van der Waals surface area contributed by atoms with E-state index in [0.29, 0.717) is 31.6 Å². The monoisotopic (exact) mass is 393 g/mol. The molecule has 8 nitrogen and oxygen atoms in total. The molecule has 1 fully saturated rings. The Morgan fingerprint density at radius 2 is 2.10 bits per heavy atom. The van der Waals surface area contributed by atoms with Crippen molar-refractivity contribution in [2.24, 2.45) is 0 Å². The Morgan fingerprint density at radius 3 is 2.93 bits per heavy atom. The Hall–Kier alpha value is -2.97. The molecule has 1 aliphatic heterocycles. The van der Waals surface area contributed by atoms with Gasteiger partial charge in [0.25, 0.3) is 0 Å². The standard InChI is InChI=1S/C21H23N5O3/c1-11-7-22-20-18(11)12(2)16(9-24-20)13-5-17-19(23-8-13)25-21(28)26(17)10-15-6-14(27)3-4-29-15/h5,7-9,14-15,27H,3-4,6,10H2,1-2H3,(H,22,24)(H,23,25,28)/t14-,15+/m0/s1. The number of aryl methyl sites for hydroxylation is 2. The molecule has 2 atom stereocenters. The van der Waals surface area contributed by atoms with E-state index in [-0.39, 0.29) is 17.9 Å². The van der Waals surface area contributed by atoms with Crippen LogP contribution in [0.15, 0.2) is 29.5 Å². The molecule has 0 saturated carbocycles. The third kappa shape index (κ3) is 3.04. The lowest BCUT2D eigenvalue weighted by molar-refractivity contribution is -0.0496. The lowest BCUT2D eigenvalue weighted by Crippen LogP contribution is -2.34. The van der Waals surface area contributed by atoms with Gasteiger partial charge in [-0.3, -0.25) is 9.55 Å². The van der Waals surface area contributed by atoms with Crippen LogP contribution in [0.4, 0.5) is 0 Å². The van der Waals surface area contributed by atoms with Gasteiger partial charge in [0.2, 0.25) is 0 Å². The second-order valence-electron chi connectivity index (χ2n) is 7.80. The lowest BCUT2D eigenvalue weighted by atomic mass is 10.0. The molecule has 29 heavy (non-hydrogen) atoms. The molecule has 8 heteroatoms. The quantitative estimate of drug-likeness (QED) is 0.495. The molecular weight excluding hydrogens is 370 g/mol. The lowest BCUT2D eigenvalue weighted by Gasteiger charge is -2.26. The second-order valence-corrected chi connectivity index (χ2v) is 7.80. The molecule has 5 rings (SSSR count). The van der Waals surface area contributed by atoms with Crippen molar-refractivity contribution in [1.82, 2.24) is 24.5 Å². The van der Waals surface area contributed by atoms with Gasteiger partial charge < -0.3 is 14.8 Å². The molecule has 0 bridgehead atoms. The molecule has 0 aliphatic carbocycles. The zero-order chi connectivity index (χ0) is 20.1. The highest BCUT2D eigenvalue weighted by Crippen LogP contribution is 2.30. The van der Waals surface area contributed by atoms with Crippen LogP contribution in [0.2, 0.25) is 0 Å². The summed E-state index contributed by atoms with van der Waals surface area (Å²) in [6.07, 6.45) is 6.15. The minimum absolute atomic E-state index is 0.193. The van der Waals surface area contributed by atoms with E-state index in [1.807, 2.05) is 18.5 Å². The smallest absolute Gasteiger partial charge is 0.327 e. The molecule has 4 aromatic heterocycles. The number of pyridine rings is 2. The van der Waals surface area contributed by atoms with Gasteiger partial charge in [0.15, 0.2) is 5.65 Å². The highest BCUT2D eigenvalue weighted by molar-refractivity contribution is 5.90. The zero-order valence-electron chi connectivity index (χ0n) is 16.4. The zero-order valence-corrected chi connectivity index (χ0v) is 16.4. The predicted octanol–water partition coefficient (Wildman–Crippen LogP) is 2.42. The first-order valence-electron chi connectivity index (χ1n) is 9.83. The summed E-state index contributed by atoms with van der Waals surface area (Å²) in [7, 11) is 0. The third-order valence-electron chi connectivity index (χ3n) is 5.82. The van der Waals surface area contributed by atoms with Gasteiger partial charge in [0.1, 0.15) is 5.65 Å². The van der Waals surface area contributed by atoms with Gasteiger partial charge in [0.05, 0.1) is 24.3 Å². The van der Waals surface area contributed by atoms with Crippen molar-refractivity contribution in [3.05, 3.63) is 46.3 Å². The SMILES string of the molecule is Cc1c[nH]c2ncc(-c3cnc4[nH]c(=O)n(C[C@H]5C[C@@H](O)CCO5)c4c3)c(C)c12. The highest BCUT2D eigenvalue weighted by atomic mass is 16.5. The highest BCUT2D eigenvalue weighted by Gasteiger charge is 2.23. The number of hydrogen-bond donors (Lipinski definition) is 3. The summed E-state index contributed by atoms with van der Waals surface area (Å²) in [5, 5.41) is 11.0. The van der Waals surface area contributed by atoms with Gasteiger partial charge >= 0.3 is 5.69 Å². The fraction of sp³-hybridized carbons (Fsp3) is 0.381. The number of nitrogens with one attached hydrogen (secondary N) is 2. The number of nitrogens with zero attached hydrogens (tertiary/aromatic N) is 3. The van der Waals surface area contributed by atoms with E-state index >= 15 is 0 Å². The summed E-state index contributed by atoms with van der Waals surface area (Å²) < 4.78 is 7.39. The first-order valence-corrected chi connectivity index (χ1v) is 9.83. The predicted molar refractivity (Wildman–Crippen MR) is 110 cm³/mol. The maximum atomic E-state index is 12.5. The van der Waals surface area contributed by atoms with E-state index in [0.717, 1.165) is 38.8 Å². The maximum Gasteiger partial charge on any atom is 0.327 e. The van der Waals surface area contributed by atoms with Gasteiger partial charge in [-0.15, -0.1) is 0 Å². The number of imidazole rings is 1. The molecule has 4 aromatic rings. The van der Waals surface area contributed by atoms with E-state index in [4.69, 9.17) is 4.74 Å². The van der Waals surface area contributed by atoms with E-state index < -0.39 is 0 Å². The minimum atomic E-state index is -0.381. The Morgan fingerprint density at radius 1 is 1.28 bits per heavy atom. The first kappa shape index (κ1) is 18.1. The van der Waals surface area contributed by atoms with Crippen molar-refractivity contribution < 1.29 is 9.84 Å². The number of aromatic amines is 2. The van der Waals surface area contributed by atoms with Crippen molar-refractivity contribution in [3.8, 4) is 11.1 Å². The number of fused-ring (bicyclic) bond motifs is 2. The Kier molecular flexibility index (Phi) is 4.25. The molecular formula is C21H23N5O3. The van der Waals surface area contributed by atoms with Gasteiger partial charge in [0, 0.05) is 48.1 Å². The van der Waals surface area contributed by atoms with Crippen molar-refractivity contribution in [2.75, 3.05) is 6.61 Å². The van der Waals surface area contributed by atoms with Crippen LogP contribution in [0.5, 0.6) is 0 Å². The molecule has 0 amide bonds. The Labute approximate surface area is 166 Å². The molecule has 0 radical (unpaired) electrons. The van der Waals surface area contributed by atoms with Crippen molar-refractivity contribution in [1.29, 1.82) is 0 Å². The first-order chi connectivity index (χ1) is 14.0. The number of ether oxygens (including phenoxy) is 1. The van der Waals surface area contributed by atoms with Crippen LogP contribution >= 0.6 is 0 Å². The third-order valence-corrected chi connectivity index (χ3v) is 5.82. The van der Waals surface area contributed by atoms with Gasteiger partial charge in [-0.1, -0.05) is 0 Å². The summed E-state index contributed by atoms with van der Waals surface area (Å²) in [4.78, 5) is 27.5. The van der Waals surface area contributed by atoms with Crippen molar-refractivity contribution >= 4 is 22.2 Å². The molecule has 3 N–H and O–H groups in total. The van der Waals surface area contributed by atoms with Crippen LogP contribution in [0.3, 0.4) is 0 Å². The summed E-state index contributed by atoms with van der Waals surface area (Å²) in [6, 6.07) is 1.97. The molecule has 150 valence electrons. The second kappa shape index (κ2) is 6.82. The number of rotatable bonds is 3. The Bertz CT molecular complexity index is 1270. The van der Waals surface area contributed by atoms with E-state index in [1.165, 1.54) is 0 Å². The number of aliphatic hydroxyl groups excluding tert-OH is 1. The largest absolute Gasteiger partial charge is 0.393 e. The number of aliphatic hydroxyl groups is 1. The fourth-order valence-corrected chi connectivity index (χ4v) is 4.29. The van der Waals surface area contributed by atoms with Crippen LogP contribution in [-0.2, 0) is 11.3 Å². The Balaban J connectivity index is 1.59. The van der Waals surface area contributed by atoms with Gasteiger partial charge in [-0.2, -0.15) is 0 Å². The molecule has 0 spiro atoms. The van der Waals surface area contributed by atoms with E-state index in [2.05, 4.69) is 33.8 Å². The maximum absolute atomic E-state index is 12.5. The van der Waals surface area contributed by atoms with Crippen molar-refractivity contribution in [2.45, 2.75) is 45.4 Å². The van der Waals surface area contributed by atoms with Crippen LogP contribution in [0.25, 0.3) is 33.3 Å². The molecule has 0 unspecified atom stereocenters. The minimum Gasteiger partial charge on any atom is -0.393 e. The normalized spacial score (nSPS) is 20.0. The summed E-state index contributed by atoms with van der Waals surface area (Å²) in [5.74, 6) is 0. The van der Waals surface area contributed by atoms with Crippen LogP contribution < -0.4 is 5.69 Å². The number of H-pyrrole nitrogens is 2. The average Bonchev–Trinajstić information content (AvgIpc) is 3.22. The summed E-state index contributed by atoms with van der Waals surface area (Å²) in [5.41, 5.74) is 6.07. The fourth-order valence-electron chi connectivity index (χ4n) is 4.29. The van der Waals surface area contributed by atoms with Gasteiger partial charge in [-0.25, -0.2) is 14.8 Å². The number of aromatic nitrogens is 5. The molecule has 0 aromatic carbocycles. The molecule has 1 saturated heterocycles. The molecule has 5 heterocycles. The van der Waals surface area contributed by atoms with E-state index in [9.17, 15) is 9.90 Å². The van der Waals surface area contributed by atoms with Crippen LogP contribution in [0.1, 0.15) is 24.0 Å². The van der Waals surface area contributed by atoms with Gasteiger partial charge in [-0.05, 0) is 37.5 Å². The average molecular weight is 393 g/mol. The van der Waals surface area contributed by atoms with Crippen molar-refractivity contribution in [3.63, 3.8) is 0 Å². The van der Waals surface area contributed by atoms with Crippen LogP contribution in [0, 0.1) is 13.8 Å². The molecule has 1 aliphatic rings.